The van der Waals surface area contributed by atoms with Crippen LogP contribution in [0.4, 0.5) is 0 Å². The van der Waals surface area contributed by atoms with Gasteiger partial charge in [0, 0.05) is 18.2 Å². The predicted octanol–water partition coefficient (Wildman–Crippen LogP) is 3.19. The lowest BCUT2D eigenvalue weighted by molar-refractivity contribution is -0.126. The third-order valence-corrected chi connectivity index (χ3v) is 6.81. The summed E-state index contributed by atoms with van der Waals surface area (Å²) in [5.41, 5.74) is -0.394. The van der Waals surface area contributed by atoms with Gasteiger partial charge in [0.25, 0.3) is 0 Å². The van der Waals surface area contributed by atoms with Crippen molar-refractivity contribution in [1.29, 1.82) is 0 Å². The highest BCUT2D eigenvalue weighted by molar-refractivity contribution is 7.89. The molecule has 1 heterocycles. The van der Waals surface area contributed by atoms with E-state index in [4.69, 9.17) is 9.47 Å². The summed E-state index contributed by atoms with van der Waals surface area (Å²) < 4.78 is 38.2. The Balaban J connectivity index is 2.26. The van der Waals surface area contributed by atoms with Crippen LogP contribution < -0.4 is 14.8 Å². The second kappa shape index (κ2) is 8.52. The van der Waals surface area contributed by atoms with Crippen LogP contribution in [-0.4, -0.2) is 51.0 Å². The summed E-state index contributed by atoms with van der Waals surface area (Å²) >= 11 is 0. The molecule has 1 aliphatic rings. The fourth-order valence-corrected chi connectivity index (χ4v) is 5.86. The first-order chi connectivity index (χ1) is 13.3. The van der Waals surface area contributed by atoms with E-state index in [2.05, 4.69) is 26.1 Å². The number of nitrogens with zero attached hydrogens (tertiary/aromatic N) is 1. The minimum absolute atomic E-state index is 0.0396. The van der Waals surface area contributed by atoms with Crippen molar-refractivity contribution in [2.24, 2.45) is 5.41 Å². The maximum absolute atomic E-state index is 13.3. The molecule has 1 atom stereocenters. The van der Waals surface area contributed by atoms with E-state index in [0.29, 0.717) is 30.9 Å². The van der Waals surface area contributed by atoms with Crippen LogP contribution in [0.15, 0.2) is 23.1 Å². The van der Waals surface area contributed by atoms with Gasteiger partial charge in [0.15, 0.2) is 11.5 Å². The lowest BCUT2D eigenvalue weighted by atomic mass is 9.81. The van der Waals surface area contributed by atoms with Gasteiger partial charge >= 0.3 is 0 Å². The van der Waals surface area contributed by atoms with E-state index < -0.39 is 21.6 Å². The van der Waals surface area contributed by atoms with Crippen molar-refractivity contribution in [3.63, 3.8) is 0 Å². The molecule has 0 saturated carbocycles. The summed E-state index contributed by atoms with van der Waals surface area (Å²) in [7, 11) is -0.896. The molecule has 164 valence electrons. The molecule has 0 aromatic heterocycles. The zero-order valence-corrected chi connectivity index (χ0v) is 19.4. The van der Waals surface area contributed by atoms with Crippen LogP contribution >= 0.6 is 0 Å². The Morgan fingerprint density at radius 1 is 1.14 bits per heavy atom. The Morgan fingerprint density at radius 2 is 1.76 bits per heavy atom. The lowest BCUT2D eigenvalue weighted by Crippen LogP contribution is -2.53. The fraction of sp³-hybridized carbons (Fsp3) is 0.667. The average Bonchev–Trinajstić information content (AvgIpc) is 3.09. The molecule has 0 aliphatic carbocycles. The van der Waals surface area contributed by atoms with Crippen molar-refractivity contribution < 1.29 is 22.7 Å². The van der Waals surface area contributed by atoms with Crippen LogP contribution in [0.5, 0.6) is 11.5 Å². The van der Waals surface area contributed by atoms with E-state index in [-0.39, 0.29) is 16.2 Å². The van der Waals surface area contributed by atoms with Crippen LogP contribution in [0.2, 0.25) is 0 Å². The van der Waals surface area contributed by atoms with E-state index in [0.717, 1.165) is 6.42 Å². The van der Waals surface area contributed by atoms with E-state index in [9.17, 15) is 13.2 Å². The second-order valence-corrected chi connectivity index (χ2v) is 11.3. The molecule has 0 radical (unpaired) electrons. The molecule has 29 heavy (non-hydrogen) atoms. The number of rotatable bonds is 7. The maximum Gasteiger partial charge on any atom is 0.243 e. The van der Waals surface area contributed by atoms with Gasteiger partial charge in [-0.3, -0.25) is 4.79 Å². The minimum atomic E-state index is -3.84. The molecule has 1 aliphatic heterocycles. The summed E-state index contributed by atoms with van der Waals surface area (Å²) in [6.07, 6.45) is 1.93. The lowest BCUT2D eigenvalue weighted by Gasteiger charge is -2.35. The van der Waals surface area contributed by atoms with Gasteiger partial charge in [0.2, 0.25) is 15.9 Å². The third kappa shape index (κ3) is 5.63. The number of sulfonamides is 1. The standard InChI is InChI=1S/C21H34N2O5S/c1-20(2,3)14-21(4,5)22-19(24)16-9-8-12-23(16)29(25,26)15-10-11-17(27-6)18(13-15)28-7/h10-11,13,16H,8-9,12,14H2,1-7H3,(H,22,24). The minimum Gasteiger partial charge on any atom is -0.493 e. The largest absolute Gasteiger partial charge is 0.493 e. The molecule has 1 N–H and O–H groups in total. The van der Waals surface area contributed by atoms with Gasteiger partial charge in [-0.25, -0.2) is 8.42 Å². The van der Waals surface area contributed by atoms with Crippen LogP contribution in [0, 0.1) is 5.41 Å². The van der Waals surface area contributed by atoms with Crippen LogP contribution in [-0.2, 0) is 14.8 Å². The van der Waals surface area contributed by atoms with Gasteiger partial charge in [0.1, 0.15) is 6.04 Å². The average molecular weight is 427 g/mol. The summed E-state index contributed by atoms with van der Waals surface area (Å²) in [4.78, 5) is 13.1. The Morgan fingerprint density at radius 3 is 2.31 bits per heavy atom. The number of hydrogen-bond donors (Lipinski definition) is 1. The molecular formula is C21H34N2O5S. The number of carbonyl (C=O) groups is 1. The first-order valence-electron chi connectivity index (χ1n) is 9.87. The highest BCUT2D eigenvalue weighted by Gasteiger charge is 2.41. The summed E-state index contributed by atoms with van der Waals surface area (Å²) in [5.74, 6) is 0.534. The molecular weight excluding hydrogens is 392 g/mol. The Hall–Kier alpha value is -1.80. The molecule has 0 spiro atoms. The van der Waals surface area contributed by atoms with E-state index >= 15 is 0 Å². The number of benzene rings is 1. The van der Waals surface area contributed by atoms with Crippen molar-refractivity contribution in [3.05, 3.63) is 18.2 Å². The van der Waals surface area contributed by atoms with Gasteiger partial charge < -0.3 is 14.8 Å². The van der Waals surface area contributed by atoms with Gasteiger partial charge in [-0.2, -0.15) is 4.31 Å². The highest BCUT2D eigenvalue weighted by atomic mass is 32.2. The highest BCUT2D eigenvalue weighted by Crippen LogP contribution is 2.33. The van der Waals surface area contributed by atoms with E-state index in [1.807, 2.05) is 13.8 Å². The van der Waals surface area contributed by atoms with Crippen molar-refractivity contribution >= 4 is 15.9 Å². The Bertz CT molecular complexity index is 843. The van der Waals surface area contributed by atoms with Crippen molar-refractivity contribution in [3.8, 4) is 11.5 Å². The van der Waals surface area contributed by atoms with Gasteiger partial charge in [-0.1, -0.05) is 20.8 Å². The zero-order chi connectivity index (χ0) is 22.0. The summed E-state index contributed by atoms with van der Waals surface area (Å²) in [5, 5.41) is 3.06. The first-order valence-corrected chi connectivity index (χ1v) is 11.3. The molecule has 0 bridgehead atoms. The molecule has 2 rings (SSSR count). The van der Waals surface area contributed by atoms with Crippen LogP contribution in [0.1, 0.15) is 53.9 Å². The molecule has 1 unspecified atom stereocenters. The van der Waals surface area contributed by atoms with Gasteiger partial charge in [0.05, 0.1) is 19.1 Å². The Labute approximate surface area is 174 Å². The molecule has 1 aromatic carbocycles. The number of nitrogens with one attached hydrogen (secondary N) is 1. The molecule has 7 nitrogen and oxygen atoms in total. The number of hydrogen-bond acceptors (Lipinski definition) is 5. The smallest absolute Gasteiger partial charge is 0.243 e. The number of carbonyl (C=O) groups excluding carboxylic acids is 1. The molecule has 1 amide bonds. The van der Waals surface area contributed by atoms with Gasteiger partial charge in [-0.05, 0) is 50.7 Å². The molecule has 1 fully saturated rings. The van der Waals surface area contributed by atoms with Crippen LogP contribution in [0.3, 0.4) is 0 Å². The normalized spacial score (nSPS) is 18.5. The van der Waals surface area contributed by atoms with Crippen molar-refractivity contribution in [1.82, 2.24) is 9.62 Å². The van der Waals surface area contributed by atoms with Crippen molar-refractivity contribution in [2.45, 2.75) is 70.4 Å². The number of amides is 1. The topological polar surface area (TPSA) is 84.9 Å². The molecule has 1 saturated heterocycles. The summed E-state index contributed by atoms with van der Waals surface area (Å²) in [6, 6.07) is 3.76. The monoisotopic (exact) mass is 426 g/mol. The molecule has 1 aromatic rings. The van der Waals surface area contributed by atoms with Crippen LogP contribution in [0.25, 0.3) is 0 Å². The maximum atomic E-state index is 13.3. The predicted molar refractivity (Wildman–Crippen MR) is 113 cm³/mol. The third-order valence-electron chi connectivity index (χ3n) is 4.90. The number of ether oxygens (including phenoxy) is 2. The quantitative estimate of drug-likeness (QED) is 0.724. The van der Waals surface area contributed by atoms with Gasteiger partial charge in [-0.15, -0.1) is 0 Å². The number of methoxy groups -OCH3 is 2. The second-order valence-electron chi connectivity index (χ2n) is 9.40. The Kier molecular flexibility index (Phi) is 6.89. The van der Waals surface area contributed by atoms with Crippen molar-refractivity contribution in [2.75, 3.05) is 20.8 Å². The molecule has 8 heteroatoms. The first kappa shape index (κ1) is 23.5. The van der Waals surface area contributed by atoms with E-state index in [1.165, 1.54) is 30.7 Å². The zero-order valence-electron chi connectivity index (χ0n) is 18.5. The SMILES string of the molecule is COc1ccc(S(=O)(=O)N2CCCC2C(=O)NC(C)(C)CC(C)(C)C)cc1OC. The van der Waals surface area contributed by atoms with E-state index in [1.54, 1.807) is 6.07 Å². The summed E-state index contributed by atoms with van der Waals surface area (Å²) in [6.45, 7) is 10.6. The fourth-order valence-electron chi connectivity index (χ4n) is 4.19.